The number of benzene rings is 1. The van der Waals surface area contributed by atoms with E-state index in [0.29, 0.717) is 13.1 Å². The Bertz CT molecular complexity index is 221. The molecule has 1 rings (SSSR count). The van der Waals surface area contributed by atoms with E-state index in [1.54, 1.807) is 0 Å². The number of hydrogen-bond donors (Lipinski definition) is 2. The maximum atomic E-state index is 5.51. The third-order valence-corrected chi connectivity index (χ3v) is 1.66. The molecule has 2 nitrogen and oxygen atoms in total. The van der Waals surface area contributed by atoms with Crippen LogP contribution in [0.2, 0.25) is 0 Å². The van der Waals surface area contributed by atoms with E-state index < -0.39 is 0 Å². The van der Waals surface area contributed by atoms with Gasteiger partial charge in [-0.2, -0.15) is 0 Å². The Morgan fingerprint density at radius 1 is 1.36 bits per heavy atom. The summed E-state index contributed by atoms with van der Waals surface area (Å²) in [5.41, 5.74) is 13.2. The Kier molecular flexibility index (Phi) is 3.08. The first-order valence-corrected chi connectivity index (χ1v) is 3.77. The summed E-state index contributed by atoms with van der Waals surface area (Å²) in [6, 6.07) is 8.98. The van der Waals surface area contributed by atoms with Gasteiger partial charge in [0.25, 0.3) is 0 Å². The van der Waals surface area contributed by atoms with Gasteiger partial charge in [0.15, 0.2) is 0 Å². The minimum atomic E-state index is 0.552. The second-order valence-corrected chi connectivity index (χ2v) is 2.42. The van der Waals surface area contributed by atoms with Crippen LogP contribution >= 0.6 is 0 Å². The first kappa shape index (κ1) is 8.24. The van der Waals surface area contributed by atoms with Crippen molar-refractivity contribution in [2.45, 2.75) is 13.0 Å². The molecule has 1 aromatic carbocycles. The van der Waals surface area contributed by atoms with E-state index >= 15 is 0 Å². The van der Waals surface area contributed by atoms with Crippen LogP contribution in [0.5, 0.6) is 0 Å². The van der Waals surface area contributed by atoms with Crippen LogP contribution in [0.3, 0.4) is 0 Å². The Balaban J connectivity index is 2.83. The summed E-state index contributed by atoms with van der Waals surface area (Å²) in [5.74, 6) is 0. The molecule has 4 N–H and O–H groups in total. The van der Waals surface area contributed by atoms with Crippen molar-refractivity contribution in [1.82, 2.24) is 0 Å². The van der Waals surface area contributed by atoms with Gasteiger partial charge in [-0.1, -0.05) is 18.2 Å². The molecule has 0 heterocycles. The molecule has 0 amide bonds. The molecule has 0 fully saturated rings. The lowest BCUT2D eigenvalue weighted by Gasteiger charge is -2.03. The maximum absolute atomic E-state index is 5.51. The SMILES string of the molecule is NCCc1ccc[c]c1CN. The topological polar surface area (TPSA) is 52.0 Å². The molecule has 0 bridgehead atoms. The van der Waals surface area contributed by atoms with Gasteiger partial charge < -0.3 is 11.5 Å². The van der Waals surface area contributed by atoms with Gasteiger partial charge in [-0.15, -0.1) is 0 Å². The van der Waals surface area contributed by atoms with Gasteiger partial charge >= 0.3 is 0 Å². The van der Waals surface area contributed by atoms with Crippen LogP contribution < -0.4 is 11.5 Å². The van der Waals surface area contributed by atoms with E-state index in [1.165, 1.54) is 5.56 Å². The molecule has 0 aromatic heterocycles. The highest BCUT2D eigenvalue weighted by Gasteiger charge is 1.97. The van der Waals surface area contributed by atoms with Crippen molar-refractivity contribution in [1.29, 1.82) is 0 Å². The Morgan fingerprint density at radius 2 is 2.18 bits per heavy atom. The van der Waals surface area contributed by atoms with Crippen LogP contribution in [0.4, 0.5) is 0 Å². The van der Waals surface area contributed by atoms with E-state index in [2.05, 4.69) is 6.07 Å². The third-order valence-electron chi connectivity index (χ3n) is 1.66. The fourth-order valence-electron chi connectivity index (χ4n) is 1.09. The molecule has 0 spiro atoms. The van der Waals surface area contributed by atoms with Crippen molar-refractivity contribution in [2.24, 2.45) is 11.5 Å². The zero-order valence-electron chi connectivity index (χ0n) is 6.51. The van der Waals surface area contributed by atoms with Gasteiger partial charge in [0.05, 0.1) is 0 Å². The van der Waals surface area contributed by atoms with Crippen LogP contribution in [-0.4, -0.2) is 6.54 Å². The summed E-state index contributed by atoms with van der Waals surface area (Å²) in [6.45, 7) is 1.22. The quantitative estimate of drug-likeness (QED) is 0.655. The summed E-state index contributed by atoms with van der Waals surface area (Å²) in [7, 11) is 0. The van der Waals surface area contributed by atoms with Crippen LogP contribution in [0.25, 0.3) is 0 Å². The van der Waals surface area contributed by atoms with Crippen LogP contribution in [-0.2, 0) is 13.0 Å². The largest absolute Gasteiger partial charge is 0.330 e. The molecule has 11 heavy (non-hydrogen) atoms. The lowest BCUT2D eigenvalue weighted by Crippen LogP contribution is -2.07. The molecule has 2 heteroatoms. The zero-order valence-corrected chi connectivity index (χ0v) is 6.51. The molecular formula is C9H13N2. The maximum Gasteiger partial charge on any atom is 0.0187 e. The van der Waals surface area contributed by atoms with Crippen molar-refractivity contribution in [3.05, 3.63) is 35.4 Å². The van der Waals surface area contributed by atoms with Gasteiger partial charge in [0.1, 0.15) is 0 Å². The first-order valence-electron chi connectivity index (χ1n) is 3.77. The van der Waals surface area contributed by atoms with E-state index in [1.807, 2.05) is 18.2 Å². The number of rotatable bonds is 3. The normalized spacial score (nSPS) is 10.0. The van der Waals surface area contributed by atoms with E-state index in [0.717, 1.165) is 12.0 Å². The summed E-state index contributed by atoms with van der Waals surface area (Å²) in [5, 5.41) is 0. The second kappa shape index (κ2) is 4.11. The monoisotopic (exact) mass is 149 g/mol. The number of hydrogen-bond acceptors (Lipinski definition) is 2. The molecule has 0 atom stereocenters. The zero-order chi connectivity index (χ0) is 8.10. The molecule has 0 saturated carbocycles. The Morgan fingerprint density at radius 3 is 2.82 bits per heavy atom. The summed E-state index contributed by atoms with van der Waals surface area (Å²) in [4.78, 5) is 0. The van der Waals surface area contributed by atoms with Crippen LogP contribution in [0, 0.1) is 6.07 Å². The summed E-state index contributed by atoms with van der Waals surface area (Å²) in [6.07, 6.45) is 0.893. The van der Waals surface area contributed by atoms with Gasteiger partial charge in [0.2, 0.25) is 0 Å². The first-order chi connectivity index (χ1) is 5.38. The van der Waals surface area contributed by atoms with Crippen molar-refractivity contribution in [2.75, 3.05) is 6.54 Å². The molecule has 1 radical (unpaired) electrons. The highest BCUT2D eigenvalue weighted by Crippen LogP contribution is 2.06. The molecule has 0 aliphatic rings. The van der Waals surface area contributed by atoms with Gasteiger partial charge in [-0.05, 0) is 30.2 Å². The lowest BCUT2D eigenvalue weighted by atomic mass is 10.1. The number of nitrogens with two attached hydrogens (primary N) is 2. The second-order valence-electron chi connectivity index (χ2n) is 2.42. The Hall–Kier alpha value is -0.860. The lowest BCUT2D eigenvalue weighted by molar-refractivity contribution is 0.928. The van der Waals surface area contributed by atoms with Crippen molar-refractivity contribution in [3.8, 4) is 0 Å². The average Bonchev–Trinajstić information content (AvgIpc) is 2.06. The average molecular weight is 149 g/mol. The molecule has 1 aromatic rings. The molecule has 0 aliphatic heterocycles. The third kappa shape index (κ3) is 2.03. The van der Waals surface area contributed by atoms with Crippen LogP contribution in [0.1, 0.15) is 11.1 Å². The standard InChI is InChI=1S/C9H13N2/c10-6-5-8-3-1-2-4-9(8)7-11/h1-3H,5-7,10-11H2. The van der Waals surface area contributed by atoms with E-state index in [-0.39, 0.29) is 0 Å². The van der Waals surface area contributed by atoms with Gasteiger partial charge in [-0.25, -0.2) is 0 Å². The van der Waals surface area contributed by atoms with Crippen molar-refractivity contribution in [3.63, 3.8) is 0 Å². The minimum absolute atomic E-state index is 0.552. The molecule has 59 valence electrons. The smallest absolute Gasteiger partial charge is 0.0187 e. The molecule has 0 aliphatic carbocycles. The fourth-order valence-corrected chi connectivity index (χ4v) is 1.09. The molecule has 0 unspecified atom stereocenters. The highest BCUT2D eigenvalue weighted by molar-refractivity contribution is 5.25. The minimum Gasteiger partial charge on any atom is -0.330 e. The Labute approximate surface area is 67.2 Å². The highest BCUT2D eigenvalue weighted by atomic mass is 14.5. The van der Waals surface area contributed by atoms with E-state index in [9.17, 15) is 0 Å². The predicted molar refractivity (Wildman–Crippen MR) is 45.9 cm³/mol. The fraction of sp³-hybridized carbons (Fsp3) is 0.333. The van der Waals surface area contributed by atoms with Gasteiger partial charge in [0, 0.05) is 6.54 Å². The molecular weight excluding hydrogens is 136 g/mol. The van der Waals surface area contributed by atoms with Crippen molar-refractivity contribution < 1.29 is 0 Å². The van der Waals surface area contributed by atoms with E-state index in [4.69, 9.17) is 11.5 Å². The van der Waals surface area contributed by atoms with Gasteiger partial charge in [-0.3, -0.25) is 0 Å². The molecule has 0 saturated heterocycles. The summed E-state index contributed by atoms with van der Waals surface area (Å²) >= 11 is 0. The summed E-state index contributed by atoms with van der Waals surface area (Å²) < 4.78 is 0. The van der Waals surface area contributed by atoms with Crippen LogP contribution in [0.15, 0.2) is 18.2 Å². The van der Waals surface area contributed by atoms with Crippen molar-refractivity contribution >= 4 is 0 Å². The predicted octanol–water partition coefficient (Wildman–Crippen LogP) is 0.447.